The van der Waals surface area contributed by atoms with Crippen molar-refractivity contribution in [2.24, 2.45) is 11.1 Å². The van der Waals surface area contributed by atoms with Gasteiger partial charge in [0.2, 0.25) is 0 Å². The molecule has 88 valence electrons. The summed E-state index contributed by atoms with van der Waals surface area (Å²) < 4.78 is 0. The Kier molecular flexibility index (Phi) is 8.06. The molecule has 0 fully saturated rings. The number of rotatable bonds is 7. The molecule has 0 aliphatic carbocycles. The highest BCUT2D eigenvalue weighted by Crippen LogP contribution is 2.15. The van der Waals surface area contributed by atoms with Gasteiger partial charge in [0.25, 0.3) is 0 Å². The van der Waals surface area contributed by atoms with Gasteiger partial charge in [0.1, 0.15) is 0 Å². The molecule has 0 spiro atoms. The Morgan fingerprint density at radius 2 is 1.93 bits per heavy atom. The average molecular weight is 211 g/mol. The third-order valence-electron chi connectivity index (χ3n) is 2.62. The molecule has 0 saturated carbocycles. The van der Waals surface area contributed by atoms with Crippen LogP contribution >= 0.6 is 0 Å². The van der Waals surface area contributed by atoms with Crippen LogP contribution in [0, 0.1) is 5.92 Å². The molecule has 0 aromatic rings. The highest BCUT2D eigenvalue weighted by Gasteiger charge is 2.01. The molecule has 2 nitrogen and oxygen atoms in total. The van der Waals surface area contributed by atoms with Gasteiger partial charge in [-0.15, -0.1) is 0 Å². The molecule has 1 atom stereocenters. The van der Waals surface area contributed by atoms with E-state index in [0.717, 1.165) is 24.5 Å². The number of hydrogen-bond donors (Lipinski definition) is 1. The van der Waals surface area contributed by atoms with Gasteiger partial charge >= 0.3 is 0 Å². The molecule has 0 rings (SSSR count). The van der Waals surface area contributed by atoms with E-state index in [0.29, 0.717) is 0 Å². The van der Waals surface area contributed by atoms with Gasteiger partial charge in [0.15, 0.2) is 0 Å². The van der Waals surface area contributed by atoms with Crippen molar-refractivity contribution in [3.05, 3.63) is 11.6 Å². The predicted octanol–water partition coefficient (Wildman–Crippen LogP) is 4.39. The number of allylic oxidation sites excluding steroid dienone is 2. The third kappa shape index (κ3) is 9.51. The molecule has 0 aromatic carbocycles. The maximum absolute atomic E-state index is 8.48. The summed E-state index contributed by atoms with van der Waals surface area (Å²) in [4.78, 5) is 0. The first-order valence-electron chi connectivity index (χ1n) is 5.87. The van der Waals surface area contributed by atoms with Crippen LogP contribution in [0.15, 0.2) is 16.8 Å². The van der Waals surface area contributed by atoms with Gasteiger partial charge in [0.05, 0.1) is 5.71 Å². The smallest absolute Gasteiger partial charge is 0.0540 e. The minimum Gasteiger partial charge on any atom is -0.411 e. The van der Waals surface area contributed by atoms with Gasteiger partial charge in [0, 0.05) is 0 Å². The molecule has 0 aromatic heterocycles. The van der Waals surface area contributed by atoms with E-state index < -0.39 is 0 Å². The van der Waals surface area contributed by atoms with E-state index in [-0.39, 0.29) is 0 Å². The first-order chi connectivity index (χ1) is 7.06. The van der Waals surface area contributed by atoms with Crippen molar-refractivity contribution in [2.75, 3.05) is 0 Å². The summed E-state index contributed by atoms with van der Waals surface area (Å²) in [6.45, 7) is 8.45. The Hall–Kier alpha value is -0.790. The van der Waals surface area contributed by atoms with Crippen molar-refractivity contribution in [1.29, 1.82) is 0 Å². The fourth-order valence-electron chi connectivity index (χ4n) is 1.56. The maximum Gasteiger partial charge on any atom is 0.0540 e. The standard InChI is InChI=1S/C13H25NO/c1-11(2)7-5-8-12(3)9-6-10-13(4)14-15/h7,12,15H,5-6,8-10H2,1-4H3/b14-13-/t12-/m0/s1. The number of oxime groups is 1. The Morgan fingerprint density at radius 3 is 2.47 bits per heavy atom. The SMILES string of the molecule is CC(C)=CCC[C@H](C)CCC/C(C)=N\O. The second-order valence-corrected chi connectivity index (χ2v) is 4.69. The fourth-order valence-corrected chi connectivity index (χ4v) is 1.56. The lowest BCUT2D eigenvalue weighted by molar-refractivity contribution is 0.316. The molecule has 2 heteroatoms. The lowest BCUT2D eigenvalue weighted by atomic mass is 9.97. The summed E-state index contributed by atoms with van der Waals surface area (Å²) in [5.41, 5.74) is 2.25. The van der Waals surface area contributed by atoms with Gasteiger partial charge in [-0.2, -0.15) is 0 Å². The minimum absolute atomic E-state index is 0.770. The quantitative estimate of drug-likeness (QED) is 0.288. The Balaban J connectivity index is 3.49. The minimum atomic E-state index is 0.770. The van der Waals surface area contributed by atoms with Gasteiger partial charge < -0.3 is 5.21 Å². The highest BCUT2D eigenvalue weighted by molar-refractivity contribution is 5.81. The predicted molar refractivity (Wildman–Crippen MR) is 66.6 cm³/mol. The Bertz CT molecular complexity index is 215. The average Bonchev–Trinajstić information content (AvgIpc) is 2.17. The molecule has 0 aliphatic rings. The summed E-state index contributed by atoms with van der Waals surface area (Å²) in [7, 11) is 0. The van der Waals surface area contributed by atoms with Gasteiger partial charge in [-0.1, -0.05) is 30.1 Å². The van der Waals surface area contributed by atoms with Gasteiger partial charge in [-0.05, 0) is 52.4 Å². The third-order valence-corrected chi connectivity index (χ3v) is 2.62. The van der Waals surface area contributed by atoms with Crippen molar-refractivity contribution >= 4 is 5.71 Å². The van der Waals surface area contributed by atoms with Crippen LogP contribution in [-0.2, 0) is 0 Å². The fraction of sp³-hybridized carbons (Fsp3) is 0.769. The van der Waals surface area contributed by atoms with E-state index in [2.05, 4.69) is 32.0 Å². The van der Waals surface area contributed by atoms with Crippen LogP contribution < -0.4 is 0 Å². The largest absolute Gasteiger partial charge is 0.411 e. The normalized spacial score (nSPS) is 13.7. The molecular weight excluding hydrogens is 186 g/mol. The molecule has 0 bridgehead atoms. The number of nitrogens with zero attached hydrogens (tertiary/aromatic N) is 1. The molecule has 0 radical (unpaired) electrons. The Labute approximate surface area is 94.1 Å². The summed E-state index contributed by atoms with van der Waals surface area (Å²) in [6.07, 6.45) is 8.03. The van der Waals surface area contributed by atoms with Crippen LogP contribution in [0.25, 0.3) is 0 Å². The lowest BCUT2D eigenvalue weighted by Gasteiger charge is -2.09. The van der Waals surface area contributed by atoms with Gasteiger partial charge in [-0.25, -0.2) is 0 Å². The van der Waals surface area contributed by atoms with Crippen molar-refractivity contribution < 1.29 is 5.21 Å². The van der Waals surface area contributed by atoms with E-state index in [1.54, 1.807) is 0 Å². The molecule has 0 saturated heterocycles. The Morgan fingerprint density at radius 1 is 1.27 bits per heavy atom. The first-order valence-corrected chi connectivity index (χ1v) is 5.87. The summed E-state index contributed by atoms with van der Waals surface area (Å²) in [5, 5.41) is 11.7. The van der Waals surface area contributed by atoms with E-state index in [1.807, 2.05) is 6.92 Å². The van der Waals surface area contributed by atoms with Crippen molar-refractivity contribution in [3.8, 4) is 0 Å². The maximum atomic E-state index is 8.48. The van der Waals surface area contributed by atoms with Crippen LogP contribution in [0.5, 0.6) is 0 Å². The second-order valence-electron chi connectivity index (χ2n) is 4.69. The molecule has 1 N–H and O–H groups in total. The van der Waals surface area contributed by atoms with Crippen molar-refractivity contribution in [1.82, 2.24) is 0 Å². The summed E-state index contributed by atoms with van der Waals surface area (Å²) >= 11 is 0. The zero-order valence-corrected chi connectivity index (χ0v) is 10.6. The van der Waals surface area contributed by atoms with E-state index in [4.69, 9.17) is 5.21 Å². The summed E-state index contributed by atoms with van der Waals surface area (Å²) in [6, 6.07) is 0. The van der Waals surface area contributed by atoms with Crippen molar-refractivity contribution in [2.45, 2.75) is 59.8 Å². The molecule has 15 heavy (non-hydrogen) atoms. The van der Waals surface area contributed by atoms with E-state index in [9.17, 15) is 0 Å². The van der Waals surface area contributed by atoms with E-state index >= 15 is 0 Å². The molecule has 0 amide bonds. The zero-order chi connectivity index (χ0) is 11.7. The van der Waals surface area contributed by atoms with Crippen molar-refractivity contribution in [3.63, 3.8) is 0 Å². The van der Waals surface area contributed by atoms with Crippen LogP contribution in [0.1, 0.15) is 59.8 Å². The second kappa shape index (κ2) is 8.51. The monoisotopic (exact) mass is 211 g/mol. The van der Waals surface area contributed by atoms with Crippen LogP contribution in [-0.4, -0.2) is 10.9 Å². The topological polar surface area (TPSA) is 32.6 Å². The first kappa shape index (κ1) is 14.2. The highest BCUT2D eigenvalue weighted by atomic mass is 16.4. The molecule has 0 heterocycles. The zero-order valence-electron chi connectivity index (χ0n) is 10.6. The lowest BCUT2D eigenvalue weighted by Crippen LogP contribution is -1.97. The molecule has 0 aliphatic heterocycles. The molecule has 0 unspecified atom stereocenters. The molecular formula is C13H25NO. The van der Waals surface area contributed by atoms with Crippen LogP contribution in [0.3, 0.4) is 0 Å². The summed E-state index contributed by atoms with van der Waals surface area (Å²) in [5.74, 6) is 0.770. The van der Waals surface area contributed by atoms with Gasteiger partial charge in [-0.3, -0.25) is 0 Å². The van der Waals surface area contributed by atoms with E-state index in [1.165, 1.54) is 24.8 Å². The van der Waals surface area contributed by atoms with Crippen LogP contribution in [0.4, 0.5) is 0 Å². The number of hydrogen-bond acceptors (Lipinski definition) is 2. The van der Waals surface area contributed by atoms with Crippen LogP contribution in [0.2, 0.25) is 0 Å².